The molecule has 1 aliphatic rings. The Morgan fingerprint density at radius 3 is 2.25 bits per heavy atom. The average molecular weight is 273 g/mol. The molecule has 3 atom stereocenters. The third-order valence-electron chi connectivity index (χ3n) is 4.58. The van der Waals surface area contributed by atoms with Gasteiger partial charge in [0.1, 0.15) is 0 Å². The largest absolute Gasteiger partial charge is 0.349 e. The zero-order valence-electron chi connectivity index (χ0n) is 12.5. The maximum absolute atomic E-state index is 12.3. The van der Waals surface area contributed by atoms with Crippen molar-refractivity contribution < 1.29 is 9.59 Å². The van der Waals surface area contributed by atoms with Gasteiger partial charge in [-0.25, -0.2) is 0 Å². The van der Waals surface area contributed by atoms with Gasteiger partial charge in [0, 0.05) is 17.2 Å². The van der Waals surface area contributed by atoms with Gasteiger partial charge in [-0.1, -0.05) is 38.8 Å². The molecule has 0 aromatic heterocycles. The topological polar surface area (TPSA) is 46.2 Å². The molecule has 2 rings (SSSR count). The molecular weight excluding hydrogens is 250 g/mol. The number of Topliss-reactive ketones (excluding diaryl/α,β-unsaturated/α-hetero) is 1. The Balaban J connectivity index is 2.02. The minimum atomic E-state index is -0.0361. The van der Waals surface area contributed by atoms with Gasteiger partial charge in [-0.05, 0) is 37.3 Å². The van der Waals surface area contributed by atoms with E-state index < -0.39 is 0 Å². The summed E-state index contributed by atoms with van der Waals surface area (Å²) < 4.78 is 0. The van der Waals surface area contributed by atoms with Gasteiger partial charge >= 0.3 is 0 Å². The van der Waals surface area contributed by atoms with Gasteiger partial charge in [0.05, 0.1) is 0 Å². The summed E-state index contributed by atoms with van der Waals surface area (Å²) in [5, 5.41) is 3.14. The number of ketones is 1. The van der Waals surface area contributed by atoms with Crippen LogP contribution in [0, 0.1) is 11.8 Å². The van der Waals surface area contributed by atoms with Crippen molar-refractivity contribution in [3.63, 3.8) is 0 Å². The van der Waals surface area contributed by atoms with Crippen LogP contribution in [0.5, 0.6) is 0 Å². The quantitative estimate of drug-likeness (QED) is 0.857. The molecule has 3 nitrogen and oxygen atoms in total. The Morgan fingerprint density at radius 2 is 1.65 bits per heavy atom. The number of rotatable bonds is 3. The lowest BCUT2D eigenvalue weighted by Gasteiger charge is -2.34. The van der Waals surface area contributed by atoms with Crippen LogP contribution in [-0.2, 0) is 0 Å². The molecule has 0 unspecified atom stereocenters. The van der Waals surface area contributed by atoms with Gasteiger partial charge in [-0.2, -0.15) is 0 Å². The standard InChI is InChI=1S/C17H23NO2/c1-11-5-4-6-16(12(11)2)18-17(20)15-9-7-14(8-10-15)13(3)19/h7-12,16H,4-6H2,1-3H3,(H,18,20)/t11-,12+,16+/m0/s1. The summed E-state index contributed by atoms with van der Waals surface area (Å²) in [4.78, 5) is 23.5. The first-order valence-electron chi connectivity index (χ1n) is 7.41. The van der Waals surface area contributed by atoms with Gasteiger partial charge in [-0.3, -0.25) is 9.59 Å². The zero-order chi connectivity index (χ0) is 14.7. The molecule has 0 saturated heterocycles. The number of amides is 1. The SMILES string of the molecule is CC(=O)c1ccc(C(=O)N[C@@H]2CCC[C@H](C)[C@H]2C)cc1. The lowest BCUT2D eigenvalue weighted by molar-refractivity contribution is 0.0890. The van der Waals surface area contributed by atoms with E-state index in [2.05, 4.69) is 19.2 Å². The fraction of sp³-hybridized carbons (Fsp3) is 0.529. The van der Waals surface area contributed by atoms with Gasteiger partial charge in [0.25, 0.3) is 5.91 Å². The van der Waals surface area contributed by atoms with Crippen LogP contribution in [0.2, 0.25) is 0 Å². The van der Waals surface area contributed by atoms with Crippen molar-refractivity contribution in [3.8, 4) is 0 Å². The van der Waals surface area contributed by atoms with Crippen molar-refractivity contribution >= 4 is 11.7 Å². The summed E-state index contributed by atoms with van der Waals surface area (Å²) in [5.74, 6) is 1.16. The minimum Gasteiger partial charge on any atom is -0.349 e. The Bertz CT molecular complexity index is 492. The lowest BCUT2D eigenvalue weighted by Crippen LogP contribution is -2.43. The summed E-state index contributed by atoms with van der Waals surface area (Å²) >= 11 is 0. The molecule has 20 heavy (non-hydrogen) atoms. The highest BCUT2D eigenvalue weighted by Crippen LogP contribution is 2.29. The number of hydrogen-bond donors (Lipinski definition) is 1. The minimum absolute atomic E-state index is 0.0201. The fourth-order valence-electron chi connectivity index (χ4n) is 2.89. The van der Waals surface area contributed by atoms with Gasteiger partial charge in [0.2, 0.25) is 0 Å². The average Bonchev–Trinajstić information content (AvgIpc) is 2.44. The number of nitrogens with one attached hydrogen (secondary N) is 1. The number of carbonyl (C=O) groups is 2. The van der Waals surface area contributed by atoms with Gasteiger partial charge in [-0.15, -0.1) is 0 Å². The molecule has 1 N–H and O–H groups in total. The van der Waals surface area contributed by atoms with E-state index >= 15 is 0 Å². The van der Waals surface area contributed by atoms with Gasteiger partial charge < -0.3 is 5.32 Å². The fourth-order valence-corrected chi connectivity index (χ4v) is 2.89. The third-order valence-corrected chi connectivity index (χ3v) is 4.58. The molecule has 0 heterocycles. The van der Waals surface area contributed by atoms with Crippen LogP contribution in [0.3, 0.4) is 0 Å². The second-order valence-corrected chi connectivity index (χ2v) is 5.98. The number of carbonyl (C=O) groups excluding carboxylic acids is 2. The smallest absolute Gasteiger partial charge is 0.251 e. The van der Waals surface area contributed by atoms with Crippen LogP contribution in [0.1, 0.15) is 60.7 Å². The highest BCUT2D eigenvalue weighted by Gasteiger charge is 2.28. The molecule has 3 heteroatoms. The summed E-state index contributed by atoms with van der Waals surface area (Å²) in [6.07, 6.45) is 3.49. The second kappa shape index (κ2) is 6.21. The maximum atomic E-state index is 12.3. The molecule has 0 spiro atoms. The molecule has 0 radical (unpaired) electrons. The van der Waals surface area contributed by atoms with E-state index in [9.17, 15) is 9.59 Å². The Morgan fingerprint density at radius 1 is 1.05 bits per heavy atom. The highest BCUT2D eigenvalue weighted by molar-refractivity contribution is 5.97. The molecular formula is C17H23NO2. The van der Waals surface area contributed by atoms with Crippen molar-refractivity contribution in [2.75, 3.05) is 0 Å². The summed E-state index contributed by atoms with van der Waals surface area (Å²) in [7, 11) is 0. The Hall–Kier alpha value is -1.64. The molecule has 1 aromatic carbocycles. The van der Waals surface area contributed by atoms with Crippen molar-refractivity contribution in [2.45, 2.75) is 46.1 Å². The van der Waals surface area contributed by atoms with E-state index in [1.807, 2.05) is 0 Å². The first-order valence-corrected chi connectivity index (χ1v) is 7.41. The van der Waals surface area contributed by atoms with Crippen LogP contribution in [-0.4, -0.2) is 17.7 Å². The first-order chi connectivity index (χ1) is 9.49. The van der Waals surface area contributed by atoms with Crippen molar-refractivity contribution in [1.29, 1.82) is 0 Å². The van der Waals surface area contributed by atoms with Gasteiger partial charge in [0.15, 0.2) is 5.78 Å². The Labute approximate surface area is 120 Å². The maximum Gasteiger partial charge on any atom is 0.251 e. The monoisotopic (exact) mass is 273 g/mol. The van der Waals surface area contributed by atoms with E-state index in [1.165, 1.54) is 19.8 Å². The predicted octanol–water partition coefficient (Wildman–Crippen LogP) is 3.44. The predicted molar refractivity (Wildman–Crippen MR) is 79.9 cm³/mol. The van der Waals surface area contributed by atoms with E-state index in [0.29, 0.717) is 23.0 Å². The second-order valence-electron chi connectivity index (χ2n) is 5.98. The van der Waals surface area contributed by atoms with Crippen molar-refractivity contribution in [2.24, 2.45) is 11.8 Å². The summed E-state index contributed by atoms with van der Waals surface area (Å²) in [6, 6.07) is 7.14. The van der Waals surface area contributed by atoms with E-state index in [-0.39, 0.29) is 17.7 Å². The van der Waals surface area contributed by atoms with E-state index in [1.54, 1.807) is 24.3 Å². The van der Waals surface area contributed by atoms with Crippen molar-refractivity contribution in [3.05, 3.63) is 35.4 Å². The molecule has 0 bridgehead atoms. The molecule has 0 aliphatic heterocycles. The molecule has 1 fully saturated rings. The lowest BCUT2D eigenvalue weighted by atomic mass is 9.78. The number of hydrogen-bond acceptors (Lipinski definition) is 2. The molecule has 1 amide bonds. The normalized spacial score (nSPS) is 26.1. The molecule has 1 saturated carbocycles. The zero-order valence-corrected chi connectivity index (χ0v) is 12.5. The van der Waals surface area contributed by atoms with E-state index in [0.717, 1.165) is 6.42 Å². The molecule has 108 valence electrons. The molecule has 1 aliphatic carbocycles. The first kappa shape index (κ1) is 14.8. The van der Waals surface area contributed by atoms with Crippen LogP contribution in [0.15, 0.2) is 24.3 Å². The Kier molecular flexibility index (Phi) is 4.58. The van der Waals surface area contributed by atoms with Crippen LogP contribution < -0.4 is 5.32 Å². The van der Waals surface area contributed by atoms with Crippen LogP contribution in [0.4, 0.5) is 0 Å². The summed E-state index contributed by atoms with van der Waals surface area (Å²) in [6.45, 7) is 6.00. The van der Waals surface area contributed by atoms with Crippen LogP contribution >= 0.6 is 0 Å². The van der Waals surface area contributed by atoms with Crippen LogP contribution in [0.25, 0.3) is 0 Å². The van der Waals surface area contributed by atoms with Crippen molar-refractivity contribution in [1.82, 2.24) is 5.32 Å². The number of benzene rings is 1. The summed E-state index contributed by atoms with van der Waals surface area (Å²) in [5.41, 5.74) is 1.27. The highest BCUT2D eigenvalue weighted by atomic mass is 16.1. The molecule has 1 aromatic rings. The van der Waals surface area contributed by atoms with E-state index in [4.69, 9.17) is 0 Å². The third kappa shape index (κ3) is 3.27.